The van der Waals surface area contributed by atoms with Gasteiger partial charge in [0.05, 0.1) is 5.70 Å². The Morgan fingerprint density at radius 2 is 1.96 bits per heavy atom. The van der Waals surface area contributed by atoms with Crippen LogP contribution < -0.4 is 11.2 Å². The van der Waals surface area contributed by atoms with Crippen molar-refractivity contribution in [2.75, 3.05) is 5.32 Å². The second kappa shape index (κ2) is 8.83. The van der Waals surface area contributed by atoms with Crippen molar-refractivity contribution in [3.05, 3.63) is 84.1 Å². The number of phenols is 1. The highest BCUT2D eigenvalue weighted by Crippen LogP contribution is 2.14. The molecule has 0 unspecified atom stereocenters. The van der Waals surface area contributed by atoms with Crippen molar-refractivity contribution in [1.29, 1.82) is 0 Å². The molecule has 0 spiro atoms. The third-order valence-corrected chi connectivity index (χ3v) is 3.11. The molecule has 1 amide bonds. The molecule has 6 heteroatoms. The summed E-state index contributed by atoms with van der Waals surface area (Å²) in [7, 11) is 0. The second-order valence-electron chi connectivity index (χ2n) is 5.03. The van der Waals surface area contributed by atoms with Crippen molar-refractivity contribution < 1.29 is 9.90 Å². The van der Waals surface area contributed by atoms with Crippen LogP contribution in [0.25, 0.3) is 0 Å². The van der Waals surface area contributed by atoms with E-state index < -0.39 is 0 Å². The third kappa shape index (κ3) is 5.80. The number of nitrogens with one attached hydrogen (secondary N) is 1. The maximum absolute atomic E-state index is 12.2. The summed E-state index contributed by atoms with van der Waals surface area (Å²) >= 11 is 0. The molecule has 25 heavy (non-hydrogen) atoms. The molecule has 0 atom stereocenters. The zero-order chi connectivity index (χ0) is 18.1. The van der Waals surface area contributed by atoms with Crippen molar-refractivity contribution in [3.63, 3.8) is 0 Å². The van der Waals surface area contributed by atoms with Crippen molar-refractivity contribution in [1.82, 2.24) is 0 Å². The molecule has 0 radical (unpaired) electrons. The average molecular weight is 334 g/mol. The predicted octanol–water partition coefficient (Wildman–Crippen LogP) is 3.08. The van der Waals surface area contributed by atoms with Crippen LogP contribution in [-0.2, 0) is 0 Å². The Hall–Kier alpha value is -3.67. The second-order valence-corrected chi connectivity index (χ2v) is 5.03. The van der Waals surface area contributed by atoms with Crippen molar-refractivity contribution in [3.8, 4) is 5.75 Å². The number of carbonyl (C=O) groups is 1. The van der Waals surface area contributed by atoms with E-state index in [0.29, 0.717) is 16.9 Å². The number of carbonyl (C=O) groups excluding carboxylic acids is 1. The number of hydrogen-bond donors (Lipinski definition) is 3. The van der Waals surface area contributed by atoms with Crippen molar-refractivity contribution in [2.45, 2.75) is 0 Å². The quantitative estimate of drug-likeness (QED) is 0.327. The van der Waals surface area contributed by atoms with Gasteiger partial charge in [0.2, 0.25) is 0 Å². The van der Waals surface area contributed by atoms with Crippen LogP contribution >= 0.6 is 0 Å². The van der Waals surface area contributed by atoms with E-state index >= 15 is 0 Å². The molecule has 0 bridgehead atoms. The molecule has 0 heterocycles. The number of nitrogens with zero attached hydrogens (tertiary/aromatic N) is 2. The Bertz CT molecular complexity index is 837. The van der Waals surface area contributed by atoms with E-state index in [0.717, 1.165) is 5.56 Å². The monoisotopic (exact) mass is 334 g/mol. The first kappa shape index (κ1) is 17.7. The number of benzene rings is 2. The summed E-state index contributed by atoms with van der Waals surface area (Å²) in [6.07, 6.45) is 6.37. The van der Waals surface area contributed by atoms with Gasteiger partial charge in [-0.2, -0.15) is 5.10 Å². The predicted molar refractivity (Wildman–Crippen MR) is 101 cm³/mol. The summed E-state index contributed by atoms with van der Waals surface area (Å²) < 4.78 is 0. The Morgan fingerprint density at radius 3 is 2.68 bits per heavy atom. The van der Waals surface area contributed by atoms with Crippen LogP contribution in [0.15, 0.2) is 83.1 Å². The molecule has 6 nitrogen and oxygen atoms in total. The van der Waals surface area contributed by atoms with Crippen LogP contribution in [0.3, 0.4) is 0 Å². The smallest absolute Gasteiger partial charge is 0.255 e. The third-order valence-electron chi connectivity index (χ3n) is 3.11. The van der Waals surface area contributed by atoms with E-state index in [4.69, 9.17) is 5.84 Å². The normalized spacial score (nSPS) is 11.4. The van der Waals surface area contributed by atoms with Crippen LogP contribution in [0, 0.1) is 0 Å². The minimum Gasteiger partial charge on any atom is -0.508 e. The fraction of sp³-hybridized carbons (Fsp3) is 0. The SMILES string of the molecule is C=C(/C=C\C=N/N)/N=C/c1cccc(NC(=O)c2ccc(O)cc2)c1. The maximum Gasteiger partial charge on any atom is 0.255 e. The lowest BCUT2D eigenvalue weighted by Crippen LogP contribution is -2.11. The number of allylic oxidation sites excluding steroid dienone is 2. The highest BCUT2D eigenvalue weighted by molar-refractivity contribution is 6.04. The van der Waals surface area contributed by atoms with E-state index in [9.17, 15) is 9.90 Å². The molecule has 0 saturated heterocycles. The highest BCUT2D eigenvalue weighted by Gasteiger charge is 2.06. The first-order chi connectivity index (χ1) is 12.1. The van der Waals surface area contributed by atoms with Gasteiger partial charge >= 0.3 is 0 Å². The molecule has 0 fully saturated rings. The first-order valence-corrected chi connectivity index (χ1v) is 7.42. The summed E-state index contributed by atoms with van der Waals surface area (Å²) in [5, 5.41) is 15.4. The maximum atomic E-state index is 12.2. The van der Waals surface area contributed by atoms with Gasteiger partial charge < -0.3 is 16.3 Å². The largest absolute Gasteiger partial charge is 0.508 e. The molecule has 2 rings (SSSR count). The van der Waals surface area contributed by atoms with Crippen LogP contribution in [-0.4, -0.2) is 23.4 Å². The Labute approximate surface area is 145 Å². The molecule has 0 saturated carbocycles. The zero-order valence-electron chi connectivity index (χ0n) is 13.5. The average Bonchev–Trinajstić information content (AvgIpc) is 2.61. The molecule has 0 aliphatic heterocycles. The number of aromatic hydroxyl groups is 1. The highest BCUT2D eigenvalue weighted by atomic mass is 16.3. The minimum atomic E-state index is -0.262. The first-order valence-electron chi connectivity index (χ1n) is 7.42. The van der Waals surface area contributed by atoms with Gasteiger partial charge in [0.1, 0.15) is 5.75 Å². The summed E-state index contributed by atoms with van der Waals surface area (Å²) in [5.41, 5.74) is 2.44. The molecular weight excluding hydrogens is 316 g/mol. The molecule has 126 valence electrons. The standard InChI is InChI=1S/C19H18N4O2/c1-14(4-3-11-22-20)21-13-15-5-2-6-17(12-15)23-19(25)16-7-9-18(24)10-8-16/h2-13,24H,1,20H2,(H,23,25)/b4-3-,21-13+,22-11-. The Morgan fingerprint density at radius 1 is 1.20 bits per heavy atom. The van der Waals surface area contributed by atoms with E-state index in [-0.39, 0.29) is 11.7 Å². The number of aliphatic imine (C=N–C) groups is 1. The molecule has 2 aromatic carbocycles. The van der Waals surface area contributed by atoms with Gasteiger partial charge in [-0.1, -0.05) is 18.7 Å². The number of anilines is 1. The van der Waals surface area contributed by atoms with Gasteiger partial charge in [-0.25, -0.2) is 0 Å². The van der Waals surface area contributed by atoms with Crippen molar-refractivity contribution in [2.24, 2.45) is 15.9 Å². The topological polar surface area (TPSA) is 100 Å². The summed E-state index contributed by atoms with van der Waals surface area (Å²) in [4.78, 5) is 16.4. The number of amides is 1. The molecule has 0 aliphatic rings. The minimum absolute atomic E-state index is 0.113. The van der Waals surface area contributed by atoms with Gasteiger partial charge in [0, 0.05) is 23.7 Å². The summed E-state index contributed by atoms with van der Waals surface area (Å²) in [6.45, 7) is 3.78. The number of hydrogen-bond acceptors (Lipinski definition) is 5. The molecular formula is C19H18N4O2. The van der Waals surface area contributed by atoms with E-state index in [1.54, 1.807) is 42.6 Å². The van der Waals surface area contributed by atoms with Crippen LogP contribution in [0.1, 0.15) is 15.9 Å². The van der Waals surface area contributed by atoms with Crippen LogP contribution in [0.5, 0.6) is 5.75 Å². The zero-order valence-corrected chi connectivity index (χ0v) is 13.5. The van der Waals surface area contributed by atoms with Gasteiger partial charge in [0.15, 0.2) is 0 Å². The van der Waals surface area contributed by atoms with E-state index in [1.807, 2.05) is 12.1 Å². The van der Waals surface area contributed by atoms with Crippen LogP contribution in [0.4, 0.5) is 5.69 Å². The van der Waals surface area contributed by atoms with Crippen LogP contribution in [0.2, 0.25) is 0 Å². The van der Waals surface area contributed by atoms with Gasteiger partial charge in [-0.15, -0.1) is 0 Å². The lowest BCUT2D eigenvalue weighted by atomic mass is 10.2. The lowest BCUT2D eigenvalue weighted by molar-refractivity contribution is 0.102. The number of hydrazone groups is 1. The summed E-state index contributed by atoms with van der Waals surface area (Å²) in [6, 6.07) is 13.3. The van der Waals surface area contributed by atoms with E-state index in [1.165, 1.54) is 18.3 Å². The molecule has 0 aliphatic carbocycles. The summed E-state index contributed by atoms with van der Waals surface area (Å²) in [5.74, 6) is 4.84. The fourth-order valence-corrected chi connectivity index (χ4v) is 1.92. The molecule has 4 N–H and O–H groups in total. The van der Waals surface area contributed by atoms with E-state index in [2.05, 4.69) is 22.0 Å². The van der Waals surface area contributed by atoms with Crippen molar-refractivity contribution >= 4 is 24.0 Å². The Kier molecular flexibility index (Phi) is 6.24. The molecule has 0 aromatic heterocycles. The van der Waals surface area contributed by atoms with Gasteiger partial charge in [-0.3, -0.25) is 9.79 Å². The van der Waals surface area contributed by atoms with Gasteiger partial charge in [-0.05, 0) is 54.1 Å². The Balaban J connectivity index is 2.04. The number of rotatable bonds is 6. The van der Waals surface area contributed by atoms with Gasteiger partial charge in [0.25, 0.3) is 5.91 Å². The number of nitrogens with two attached hydrogens (primary N) is 1. The number of phenolic OH excluding ortho intramolecular Hbond substituents is 1. The lowest BCUT2D eigenvalue weighted by Gasteiger charge is -2.06. The molecule has 2 aromatic rings. The fourth-order valence-electron chi connectivity index (χ4n) is 1.92.